The minimum Gasteiger partial charge on any atom is -0.489 e. The molecule has 5 nitrogen and oxygen atoms in total. The Balaban J connectivity index is 1.35. The molecule has 2 heterocycles. The van der Waals surface area contributed by atoms with Gasteiger partial charge in [0.05, 0.1) is 10.6 Å². The molecule has 3 aromatic carbocycles. The number of carbonyl (C=O) groups excluding carboxylic acids is 1. The van der Waals surface area contributed by atoms with Crippen LogP contribution in [0.1, 0.15) is 29.4 Å². The number of aromatic nitrogens is 1. The first-order chi connectivity index (χ1) is 18.8. The van der Waals surface area contributed by atoms with Crippen molar-refractivity contribution in [1.29, 1.82) is 0 Å². The van der Waals surface area contributed by atoms with Crippen LogP contribution in [0.2, 0.25) is 5.02 Å². The van der Waals surface area contributed by atoms with Crippen LogP contribution in [0.25, 0.3) is 11.8 Å². The number of nitrogens with zero attached hydrogens (tertiary/aromatic N) is 3. The fourth-order valence-corrected chi connectivity index (χ4v) is 5.59. The van der Waals surface area contributed by atoms with E-state index in [1.807, 2.05) is 75.4 Å². The maximum Gasteiger partial charge on any atom is 0.266 e. The summed E-state index contributed by atoms with van der Waals surface area (Å²) in [6.07, 6.45) is 1.92. The second-order valence-corrected chi connectivity index (χ2v) is 10.5. The van der Waals surface area contributed by atoms with Gasteiger partial charge >= 0.3 is 0 Å². The molecule has 0 spiro atoms. The van der Waals surface area contributed by atoms with Crippen molar-refractivity contribution in [3.8, 4) is 11.4 Å². The van der Waals surface area contributed by atoms with Gasteiger partial charge in [-0.1, -0.05) is 23.7 Å². The van der Waals surface area contributed by atoms with Crippen molar-refractivity contribution in [2.45, 2.75) is 27.4 Å². The Bertz CT molecular complexity index is 1560. The molecule has 1 aliphatic heterocycles. The summed E-state index contributed by atoms with van der Waals surface area (Å²) in [5.74, 6) is 0.368. The molecule has 0 atom stereocenters. The Morgan fingerprint density at radius 3 is 2.36 bits per heavy atom. The van der Waals surface area contributed by atoms with E-state index in [-0.39, 0.29) is 11.7 Å². The third-order valence-electron chi connectivity index (χ3n) is 6.43. The Morgan fingerprint density at radius 1 is 1.00 bits per heavy atom. The number of ether oxygens (including phenoxy) is 1. The van der Waals surface area contributed by atoms with Crippen LogP contribution in [0.3, 0.4) is 0 Å². The van der Waals surface area contributed by atoms with Gasteiger partial charge in [-0.3, -0.25) is 9.69 Å². The lowest BCUT2D eigenvalue weighted by atomic mass is 10.2. The van der Waals surface area contributed by atoms with Crippen LogP contribution in [0.5, 0.6) is 5.75 Å². The normalized spacial score (nSPS) is 15.5. The first-order valence-electron chi connectivity index (χ1n) is 12.5. The monoisotopic (exact) mass is 559 g/mol. The number of carbonyl (C=O) groups is 1. The van der Waals surface area contributed by atoms with E-state index in [0.29, 0.717) is 33.9 Å². The summed E-state index contributed by atoms with van der Waals surface area (Å²) >= 11 is 7.29. The number of thioether (sulfide) groups is 1. The SMILES string of the molecule is CCN1C(=O)/C(=C\c2cc(C)n(-c3ccc(OCc4ccc(Cl)cc4)cc3)c2C)SC1=Nc1ccc(F)cc1. The molecular weight excluding hydrogens is 533 g/mol. The Morgan fingerprint density at radius 2 is 1.69 bits per heavy atom. The molecule has 39 heavy (non-hydrogen) atoms. The second-order valence-electron chi connectivity index (χ2n) is 9.10. The number of rotatable bonds is 7. The van der Waals surface area contributed by atoms with Crippen molar-refractivity contribution in [1.82, 2.24) is 9.47 Å². The summed E-state index contributed by atoms with van der Waals surface area (Å²) in [5, 5.41) is 1.29. The number of hydrogen-bond donors (Lipinski definition) is 0. The van der Waals surface area contributed by atoms with Gasteiger partial charge in [0.1, 0.15) is 18.2 Å². The number of hydrogen-bond acceptors (Lipinski definition) is 4. The highest BCUT2D eigenvalue weighted by Gasteiger charge is 2.32. The van der Waals surface area contributed by atoms with Gasteiger partial charge in [0.2, 0.25) is 0 Å². The number of likely N-dealkylation sites (N-methyl/N-ethyl adjacent to an activating group) is 1. The highest BCUT2D eigenvalue weighted by Crippen LogP contribution is 2.35. The average Bonchev–Trinajstić information content (AvgIpc) is 3.38. The van der Waals surface area contributed by atoms with Gasteiger partial charge in [-0.05, 0) is 116 Å². The molecule has 0 saturated carbocycles. The second kappa shape index (κ2) is 11.5. The number of amidine groups is 1. The Hall–Kier alpha value is -3.81. The molecule has 1 saturated heterocycles. The molecule has 0 aliphatic carbocycles. The van der Waals surface area contributed by atoms with E-state index < -0.39 is 0 Å². The maximum atomic E-state index is 13.3. The standard InChI is InChI=1S/C31H27ClFN3O2S/c1-4-35-30(37)29(39-31(35)34-26-11-9-25(33)10-12-26)18-23-17-20(2)36(21(23)3)27-13-15-28(16-14-27)38-19-22-5-7-24(32)8-6-22/h5-18H,4,19H2,1-3H3/b29-18+,34-31?. The lowest BCUT2D eigenvalue weighted by molar-refractivity contribution is -0.122. The quantitative estimate of drug-likeness (QED) is 0.215. The number of benzene rings is 3. The predicted octanol–water partition coefficient (Wildman–Crippen LogP) is 8.09. The van der Waals surface area contributed by atoms with Gasteiger partial charge in [0.15, 0.2) is 5.17 Å². The summed E-state index contributed by atoms with van der Waals surface area (Å²) in [5.41, 5.74) is 5.70. The van der Waals surface area contributed by atoms with Crippen LogP contribution in [-0.4, -0.2) is 27.1 Å². The fourth-order valence-electron chi connectivity index (χ4n) is 4.41. The minimum atomic E-state index is -0.322. The molecule has 0 bridgehead atoms. The molecular formula is C31H27ClFN3O2S. The van der Waals surface area contributed by atoms with Crippen LogP contribution in [0, 0.1) is 19.7 Å². The number of amides is 1. The van der Waals surface area contributed by atoms with E-state index in [0.717, 1.165) is 34.0 Å². The van der Waals surface area contributed by atoms with Crippen molar-refractivity contribution < 1.29 is 13.9 Å². The molecule has 4 aromatic rings. The summed E-state index contributed by atoms with van der Waals surface area (Å²) in [6, 6.07) is 23.6. The predicted molar refractivity (Wildman–Crippen MR) is 157 cm³/mol. The van der Waals surface area contributed by atoms with Crippen molar-refractivity contribution >= 4 is 46.2 Å². The van der Waals surface area contributed by atoms with Crippen LogP contribution in [0.4, 0.5) is 10.1 Å². The molecule has 1 fully saturated rings. The van der Waals surface area contributed by atoms with E-state index in [1.165, 1.54) is 23.9 Å². The molecule has 1 amide bonds. The topological polar surface area (TPSA) is 46.8 Å². The molecule has 5 rings (SSSR count). The van der Waals surface area contributed by atoms with Gasteiger partial charge in [-0.2, -0.15) is 0 Å². The summed E-state index contributed by atoms with van der Waals surface area (Å²) in [7, 11) is 0. The highest BCUT2D eigenvalue weighted by molar-refractivity contribution is 8.18. The Labute approximate surface area is 236 Å². The molecule has 0 radical (unpaired) electrons. The summed E-state index contributed by atoms with van der Waals surface area (Å²) < 4.78 is 21.4. The molecule has 198 valence electrons. The van der Waals surface area contributed by atoms with Gasteiger partial charge in [0, 0.05) is 28.6 Å². The highest BCUT2D eigenvalue weighted by atomic mass is 35.5. The first kappa shape index (κ1) is 26.8. The molecule has 1 aromatic heterocycles. The van der Waals surface area contributed by atoms with E-state index >= 15 is 0 Å². The summed E-state index contributed by atoms with van der Waals surface area (Å²) in [4.78, 5) is 20.0. The first-order valence-corrected chi connectivity index (χ1v) is 13.7. The van der Waals surface area contributed by atoms with E-state index in [4.69, 9.17) is 16.3 Å². The molecule has 8 heteroatoms. The lowest BCUT2D eigenvalue weighted by Crippen LogP contribution is -2.28. The zero-order valence-corrected chi connectivity index (χ0v) is 23.4. The van der Waals surface area contributed by atoms with Crippen LogP contribution in [0.15, 0.2) is 88.8 Å². The number of aliphatic imine (C=N–C) groups is 1. The van der Waals surface area contributed by atoms with Crippen LogP contribution < -0.4 is 4.74 Å². The van der Waals surface area contributed by atoms with E-state index in [2.05, 4.69) is 15.6 Å². The minimum absolute atomic E-state index is 0.0876. The van der Waals surface area contributed by atoms with E-state index in [9.17, 15) is 9.18 Å². The lowest BCUT2D eigenvalue weighted by Gasteiger charge is -2.12. The summed E-state index contributed by atoms with van der Waals surface area (Å²) in [6.45, 7) is 6.95. The fraction of sp³-hybridized carbons (Fsp3) is 0.161. The van der Waals surface area contributed by atoms with Gasteiger partial charge in [0.25, 0.3) is 5.91 Å². The zero-order valence-electron chi connectivity index (χ0n) is 21.8. The van der Waals surface area contributed by atoms with Crippen molar-refractivity contribution in [2.75, 3.05) is 6.54 Å². The number of aryl methyl sites for hydroxylation is 1. The smallest absolute Gasteiger partial charge is 0.266 e. The van der Waals surface area contributed by atoms with Crippen LogP contribution >= 0.6 is 23.4 Å². The molecule has 0 N–H and O–H groups in total. The maximum absolute atomic E-state index is 13.3. The van der Waals surface area contributed by atoms with Gasteiger partial charge in [-0.15, -0.1) is 0 Å². The Kier molecular flexibility index (Phi) is 7.91. The molecule has 1 aliphatic rings. The van der Waals surface area contributed by atoms with Crippen molar-refractivity contribution in [3.05, 3.63) is 117 Å². The molecule has 0 unspecified atom stereocenters. The van der Waals surface area contributed by atoms with Gasteiger partial charge in [-0.25, -0.2) is 9.38 Å². The van der Waals surface area contributed by atoms with Crippen molar-refractivity contribution in [3.63, 3.8) is 0 Å². The van der Waals surface area contributed by atoms with E-state index in [1.54, 1.807) is 17.0 Å². The third kappa shape index (κ3) is 5.95. The van der Waals surface area contributed by atoms with Crippen molar-refractivity contribution in [2.24, 2.45) is 4.99 Å². The zero-order chi connectivity index (χ0) is 27.5. The third-order valence-corrected chi connectivity index (χ3v) is 7.68. The average molecular weight is 560 g/mol. The van der Waals surface area contributed by atoms with Crippen LogP contribution in [-0.2, 0) is 11.4 Å². The largest absolute Gasteiger partial charge is 0.489 e. The number of halogens is 2. The van der Waals surface area contributed by atoms with Gasteiger partial charge < -0.3 is 9.30 Å².